The summed E-state index contributed by atoms with van der Waals surface area (Å²) in [4.78, 5) is 3.15. The molecular weight excluding hydrogens is 209 g/mol. The lowest BCUT2D eigenvalue weighted by Gasteiger charge is -2.17. The number of nitrogens with one attached hydrogen (secondary N) is 1. The number of rotatable bonds is 0. The van der Waals surface area contributed by atoms with Crippen LogP contribution < -0.4 is 5.32 Å². The van der Waals surface area contributed by atoms with Crippen molar-refractivity contribution in [2.24, 2.45) is 4.99 Å². The molecule has 1 rings (SSSR count). The summed E-state index contributed by atoms with van der Waals surface area (Å²) in [6.07, 6.45) is -4.39. The SMILES string of the molecule is FC(F)(F)C1=NC(=S)CC(=S)N1. The molecular formula is C5H3F3N2S2. The quantitative estimate of drug-likeness (QED) is 0.617. The summed E-state index contributed by atoms with van der Waals surface area (Å²) in [5, 5.41) is 1.96. The molecule has 7 heteroatoms. The van der Waals surface area contributed by atoms with Gasteiger partial charge in [0.2, 0.25) is 5.84 Å². The summed E-state index contributed by atoms with van der Waals surface area (Å²) >= 11 is 9.06. The predicted molar refractivity (Wildman–Crippen MR) is 46.4 cm³/mol. The molecule has 0 unspecified atom stereocenters. The number of alkyl halides is 3. The van der Waals surface area contributed by atoms with Gasteiger partial charge in [0, 0.05) is 0 Å². The molecule has 0 saturated carbocycles. The lowest BCUT2D eigenvalue weighted by molar-refractivity contribution is -0.0608. The van der Waals surface area contributed by atoms with E-state index in [0.29, 0.717) is 0 Å². The number of hydrogen-bond acceptors (Lipinski definition) is 2. The van der Waals surface area contributed by atoms with E-state index in [0.717, 1.165) is 0 Å². The third-order valence-corrected chi connectivity index (χ3v) is 1.56. The zero-order valence-electron chi connectivity index (χ0n) is 5.60. The van der Waals surface area contributed by atoms with Gasteiger partial charge in [-0.1, -0.05) is 24.4 Å². The first kappa shape index (κ1) is 9.53. The van der Waals surface area contributed by atoms with E-state index in [1.54, 1.807) is 0 Å². The van der Waals surface area contributed by atoms with E-state index in [9.17, 15) is 13.2 Å². The Labute approximate surface area is 76.9 Å². The van der Waals surface area contributed by atoms with E-state index in [2.05, 4.69) is 29.4 Å². The fourth-order valence-corrected chi connectivity index (χ4v) is 1.20. The molecule has 0 spiro atoms. The summed E-state index contributed by atoms with van der Waals surface area (Å²) in [6.45, 7) is 0. The maximum absolute atomic E-state index is 12.0. The minimum atomic E-state index is -4.51. The Morgan fingerprint density at radius 1 is 1.33 bits per heavy atom. The van der Waals surface area contributed by atoms with Gasteiger partial charge in [0.25, 0.3) is 0 Å². The topological polar surface area (TPSA) is 24.4 Å². The standard InChI is InChI=1S/C5H3F3N2S2/c6-5(7,8)4-9-2(11)1-3(12)10-4/h1H2,(H,9,10,11,12). The first-order valence-electron chi connectivity index (χ1n) is 2.88. The number of amidine groups is 1. The van der Waals surface area contributed by atoms with Crippen LogP contribution in [-0.2, 0) is 0 Å². The van der Waals surface area contributed by atoms with Gasteiger partial charge < -0.3 is 5.32 Å². The molecule has 0 bridgehead atoms. The van der Waals surface area contributed by atoms with Crippen LogP contribution in [0, 0.1) is 0 Å². The number of nitrogens with zero attached hydrogens (tertiary/aromatic N) is 1. The summed E-state index contributed by atoms with van der Waals surface area (Å²) in [7, 11) is 0. The van der Waals surface area contributed by atoms with Gasteiger partial charge in [-0.2, -0.15) is 13.2 Å². The average Bonchev–Trinajstić information content (AvgIpc) is 1.82. The third-order valence-electron chi connectivity index (χ3n) is 1.07. The largest absolute Gasteiger partial charge is 0.449 e. The highest BCUT2D eigenvalue weighted by atomic mass is 32.1. The summed E-state index contributed by atoms with van der Waals surface area (Å²) in [5.41, 5.74) is 0. The maximum Gasteiger partial charge on any atom is 0.449 e. The summed E-state index contributed by atoms with van der Waals surface area (Å²) in [5.74, 6) is -1.12. The predicted octanol–water partition coefficient (Wildman–Crippen LogP) is 1.60. The average molecular weight is 212 g/mol. The molecule has 1 aliphatic rings. The molecule has 1 aliphatic heterocycles. The van der Waals surface area contributed by atoms with Crippen molar-refractivity contribution in [3.05, 3.63) is 0 Å². The van der Waals surface area contributed by atoms with Gasteiger partial charge in [0.05, 0.1) is 11.4 Å². The highest BCUT2D eigenvalue weighted by Gasteiger charge is 2.38. The van der Waals surface area contributed by atoms with E-state index >= 15 is 0 Å². The molecule has 0 fully saturated rings. The fraction of sp³-hybridized carbons (Fsp3) is 0.400. The van der Waals surface area contributed by atoms with Crippen LogP contribution in [0.15, 0.2) is 4.99 Å². The van der Waals surface area contributed by atoms with Crippen LogP contribution in [0.1, 0.15) is 6.42 Å². The number of halogens is 3. The first-order chi connectivity index (χ1) is 5.39. The van der Waals surface area contributed by atoms with Crippen LogP contribution in [0.2, 0.25) is 0 Å². The van der Waals surface area contributed by atoms with Crippen molar-refractivity contribution < 1.29 is 13.2 Å². The van der Waals surface area contributed by atoms with E-state index in [4.69, 9.17) is 0 Å². The lowest BCUT2D eigenvalue weighted by Crippen LogP contribution is -2.44. The van der Waals surface area contributed by atoms with Gasteiger partial charge in [-0.05, 0) is 0 Å². The van der Waals surface area contributed by atoms with Crippen molar-refractivity contribution in [3.8, 4) is 0 Å². The van der Waals surface area contributed by atoms with Crippen molar-refractivity contribution in [3.63, 3.8) is 0 Å². The minimum Gasteiger partial charge on any atom is -0.330 e. The minimum absolute atomic E-state index is 0.0360. The Balaban J connectivity index is 2.92. The number of hydrogen-bond donors (Lipinski definition) is 1. The van der Waals surface area contributed by atoms with Crippen molar-refractivity contribution in [1.82, 2.24) is 5.32 Å². The highest BCUT2D eigenvalue weighted by molar-refractivity contribution is 7.82. The second-order valence-corrected chi connectivity index (χ2v) is 3.04. The Bertz CT molecular complexity index is 268. The zero-order valence-corrected chi connectivity index (χ0v) is 7.24. The van der Waals surface area contributed by atoms with Crippen LogP contribution in [0.3, 0.4) is 0 Å². The Hall–Kier alpha value is -0.560. The molecule has 0 aromatic rings. The second kappa shape index (κ2) is 3.06. The van der Waals surface area contributed by atoms with Crippen LogP contribution >= 0.6 is 24.4 Å². The fourth-order valence-electron chi connectivity index (χ4n) is 0.640. The molecule has 1 N–H and O–H groups in total. The molecule has 0 amide bonds. The molecule has 1 heterocycles. The Kier molecular flexibility index (Phi) is 2.43. The van der Waals surface area contributed by atoms with Gasteiger partial charge in [-0.25, -0.2) is 4.99 Å². The molecule has 0 atom stereocenters. The van der Waals surface area contributed by atoms with Crippen molar-refractivity contribution in [2.75, 3.05) is 0 Å². The van der Waals surface area contributed by atoms with Crippen LogP contribution in [0.4, 0.5) is 13.2 Å². The van der Waals surface area contributed by atoms with Gasteiger partial charge in [-0.3, -0.25) is 0 Å². The van der Waals surface area contributed by atoms with Gasteiger partial charge in [-0.15, -0.1) is 0 Å². The van der Waals surface area contributed by atoms with Crippen LogP contribution in [-0.4, -0.2) is 22.0 Å². The van der Waals surface area contributed by atoms with Crippen LogP contribution in [0.25, 0.3) is 0 Å². The summed E-state index contributed by atoms with van der Waals surface area (Å²) in [6, 6.07) is 0. The Morgan fingerprint density at radius 3 is 2.33 bits per heavy atom. The maximum atomic E-state index is 12.0. The number of thiocarbonyl (C=S) groups is 2. The van der Waals surface area contributed by atoms with Gasteiger partial charge in [0.15, 0.2) is 0 Å². The molecule has 0 saturated heterocycles. The van der Waals surface area contributed by atoms with Gasteiger partial charge >= 0.3 is 6.18 Å². The van der Waals surface area contributed by atoms with E-state index in [1.807, 2.05) is 5.32 Å². The van der Waals surface area contributed by atoms with Crippen molar-refractivity contribution in [2.45, 2.75) is 12.6 Å². The number of aliphatic imine (C=N–C) groups is 1. The molecule has 0 aromatic carbocycles. The smallest absolute Gasteiger partial charge is 0.330 e. The molecule has 2 nitrogen and oxygen atoms in total. The first-order valence-corrected chi connectivity index (χ1v) is 3.70. The second-order valence-electron chi connectivity index (χ2n) is 2.08. The van der Waals surface area contributed by atoms with E-state index in [1.165, 1.54) is 0 Å². The van der Waals surface area contributed by atoms with Crippen molar-refractivity contribution >= 4 is 40.2 Å². The lowest BCUT2D eigenvalue weighted by atomic mass is 10.3. The van der Waals surface area contributed by atoms with E-state index in [-0.39, 0.29) is 16.4 Å². The van der Waals surface area contributed by atoms with Crippen molar-refractivity contribution in [1.29, 1.82) is 0 Å². The summed E-state index contributed by atoms with van der Waals surface area (Å²) < 4.78 is 35.9. The zero-order chi connectivity index (χ0) is 9.35. The molecule has 0 aromatic heterocycles. The Morgan fingerprint density at radius 2 is 1.92 bits per heavy atom. The molecule has 66 valence electrons. The molecule has 0 aliphatic carbocycles. The third kappa shape index (κ3) is 2.21. The normalized spacial score (nSPS) is 18.8. The van der Waals surface area contributed by atoms with Gasteiger partial charge in [0.1, 0.15) is 4.99 Å². The molecule has 12 heavy (non-hydrogen) atoms. The van der Waals surface area contributed by atoms with E-state index < -0.39 is 12.0 Å². The molecule has 0 radical (unpaired) electrons. The monoisotopic (exact) mass is 212 g/mol. The van der Waals surface area contributed by atoms with Crippen LogP contribution in [0.5, 0.6) is 0 Å². The highest BCUT2D eigenvalue weighted by Crippen LogP contribution is 2.18.